The van der Waals surface area contributed by atoms with Crippen molar-refractivity contribution in [2.75, 3.05) is 0 Å². The third kappa shape index (κ3) is 5.30. The highest BCUT2D eigenvalue weighted by Gasteiger charge is 1.54. The van der Waals surface area contributed by atoms with Crippen LogP contribution in [0.5, 0.6) is 0 Å². The van der Waals surface area contributed by atoms with Crippen LogP contribution < -0.4 is 0 Å². The summed E-state index contributed by atoms with van der Waals surface area (Å²) in [6, 6.07) is 0. The first-order valence-corrected chi connectivity index (χ1v) is 2.51. The Kier molecular flexibility index (Phi) is 4.77. The van der Waals surface area contributed by atoms with E-state index in [1.165, 1.54) is 0 Å². The lowest BCUT2D eigenvalue weighted by Crippen LogP contribution is -1.49. The highest BCUT2D eigenvalue weighted by molar-refractivity contribution is 5.13. The topological polar surface area (TPSA) is 0 Å². The average Bonchev–Trinajstić information content (AvgIpc) is 1.69. The fourth-order valence-corrected chi connectivity index (χ4v) is 0.244. The molecule has 38 valence electrons. The van der Waals surface area contributed by atoms with Crippen molar-refractivity contribution < 1.29 is 0 Å². The van der Waals surface area contributed by atoms with Crippen LogP contribution in [0, 0.1) is 11.8 Å². The van der Waals surface area contributed by atoms with Crippen LogP contribution in [0.3, 0.4) is 0 Å². The van der Waals surface area contributed by atoms with Gasteiger partial charge in [0, 0.05) is 6.42 Å². The molecule has 0 saturated carbocycles. The summed E-state index contributed by atoms with van der Waals surface area (Å²) in [5.41, 5.74) is 0. The molecule has 0 radical (unpaired) electrons. The van der Waals surface area contributed by atoms with Gasteiger partial charge in [-0.25, -0.2) is 0 Å². The molecule has 0 aromatic carbocycles. The van der Waals surface area contributed by atoms with E-state index in [0.29, 0.717) is 0 Å². The molecule has 0 unspecified atom stereocenters. The second kappa shape index (κ2) is 5.30. The monoisotopic (exact) mass is 94.1 g/mol. The van der Waals surface area contributed by atoms with Crippen LogP contribution in [0.15, 0.2) is 12.2 Å². The summed E-state index contributed by atoms with van der Waals surface area (Å²) < 4.78 is 0. The zero-order valence-corrected chi connectivity index (χ0v) is 4.86. The Labute approximate surface area is 45.2 Å². The van der Waals surface area contributed by atoms with E-state index in [1.807, 2.05) is 26.0 Å². The maximum absolute atomic E-state index is 2.91. The van der Waals surface area contributed by atoms with Gasteiger partial charge in [0.1, 0.15) is 0 Å². The minimum Gasteiger partial charge on any atom is -0.0988 e. The van der Waals surface area contributed by atoms with E-state index in [9.17, 15) is 0 Å². The fraction of sp³-hybridized carbons (Fsp3) is 0.429. The number of hydrogen-bond acceptors (Lipinski definition) is 0. The van der Waals surface area contributed by atoms with Gasteiger partial charge < -0.3 is 0 Å². The third-order valence-electron chi connectivity index (χ3n) is 0.529. The van der Waals surface area contributed by atoms with Gasteiger partial charge in [0.05, 0.1) is 0 Å². The minimum atomic E-state index is 0.949. The molecule has 0 fully saturated rings. The molecule has 0 rings (SSSR count). The molecule has 0 heteroatoms. The molecule has 0 spiro atoms. The predicted molar refractivity (Wildman–Crippen MR) is 32.9 cm³/mol. The molecule has 0 nitrogen and oxygen atoms in total. The average molecular weight is 94.2 g/mol. The van der Waals surface area contributed by atoms with Gasteiger partial charge in [-0.2, -0.15) is 0 Å². The van der Waals surface area contributed by atoms with Crippen molar-refractivity contribution in [2.45, 2.75) is 20.3 Å². The van der Waals surface area contributed by atoms with E-state index >= 15 is 0 Å². The van der Waals surface area contributed by atoms with Gasteiger partial charge in [0.25, 0.3) is 0 Å². The Morgan fingerprint density at radius 2 is 2.29 bits per heavy atom. The molecule has 0 N–H and O–H groups in total. The van der Waals surface area contributed by atoms with Gasteiger partial charge in [-0.3, -0.25) is 0 Å². The standard InChI is InChI=1S/C7H10/c1-3-5-7-6-4-2/h3,5H,4H2,1-2H3/b5-3+. The molecule has 0 aromatic heterocycles. The van der Waals surface area contributed by atoms with E-state index in [2.05, 4.69) is 11.8 Å². The van der Waals surface area contributed by atoms with Crippen LogP contribution in [0.25, 0.3) is 0 Å². The number of allylic oxidation sites excluding steroid dienone is 2. The molecule has 7 heavy (non-hydrogen) atoms. The zero-order chi connectivity index (χ0) is 5.54. The Morgan fingerprint density at radius 1 is 1.57 bits per heavy atom. The van der Waals surface area contributed by atoms with Crippen molar-refractivity contribution in [3.63, 3.8) is 0 Å². The van der Waals surface area contributed by atoms with Crippen LogP contribution in [0.2, 0.25) is 0 Å². The molecular formula is C7H10. The van der Waals surface area contributed by atoms with Gasteiger partial charge in [0.2, 0.25) is 0 Å². The van der Waals surface area contributed by atoms with Crippen molar-refractivity contribution in [3.8, 4) is 11.8 Å². The largest absolute Gasteiger partial charge is 0.0988 e. The Bertz CT molecular complexity index is 98.9. The van der Waals surface area contributed by atoms with Crippen molar-refractivity contribution in [2.24, 2.45) is 0 Å². The maximum Gasteiger partial charge on any atom is 0.00637 e. The SMILES string of the molecule is C/C=C/C#CCC. The van der Waals surface area contributed by atoms with Crippen LogP contribution in [0.4, 0.5) is 0 Å². The molecule has 0 atom stereocenters. The summed E-state index contributed by atoms with van der Waals surface area (Å²) in [5.74, 6) is 5.77. The Hall–Kier alpha value is -0.700. The van der Waals surface area contributed by atoms with Gasteiger partial charge >= 0.3 is 0 Å². The molecule has 0 bridgehead atoms. The minimum absolute atomic E-state index is 0.949. The van der Waals surface area contributed by atoms with Crippen LogP contribution in [-0.2, 0) is 0 Å². The van der Waals surface area contributed by atoms with E-state index in [0.717, 1.165) is 6.42 Å². The molecule has 0 amide bonds. The lowest BCUT2D eigenvalue weighted by molar-refractivity contribution is 1.28. The molecule has 0 aliphatic carbocycles. The zero-order valence-electron chi connectivity index (χ0n) is 4.86. The second-order valence-electron chi connectivity index (χ2n) is 1.17. The molecule has 0 heterocycles. The van der Waals surface area contributed by atoms with E-state index in [-0.39, 0.29) is 0 Å². The van der Waals surface area contributed by atoms with Crippen molar-refractivity contribution in [3.05, 3.63) is 12.2 Å². The van der Waals surface area contributed by atoms with Crippen molar-refractivity contribution >= 4 is 0 Å². The third-order valence-corrected chi connectivity index (χ3v) is 0.529. The first-order valence-electron chi connectivity index (χ1n) is 2.51. The molecule has 0 aromatic rings. The van der Waals surface area contributed by atoms with Gasteiger partial charge in [-0.15, -0.1) is 0 Å². The maximum atomic E-state index is 2.91. The van der Waals surface area contributed by atoms with Crippen LogP contribution in [0.1, 0.15) is 20.3 Å². The first-order chi connectivity index (χ1) is 3.41. The van der Waals surface area contributed by atoms with Crippen LogP contribution >= 0.6 is 0 Å². The summed E-state index contributed by atoms with van der Waals surface area (Å²) in [6.07, 6.45) is 4.73. The van der Waals surface area contributed by atoms with Crippen LogP contribution in [-0.4, -0.2) is 0 Å². The predicted octanol–water partition coefficient (Wildman–Crippen LogP) is 1.98. The summed E-state index contributed by atoms with van der Waals surface area (Å²) in [6.45, 7) is 4.00. The van der Waals surface area contributed by atoms with E-state index < -0.39 is 0 Å². The first kappa shape index (κ1) is 6.30. The fourth-order valence-electron chi connectivity index (χ4n) is 0.244. The summed E-state index contributed by atoms with van der Waals surface area (Å²) in [4.78, 5) is 0. The second-order valence-corrected chi connectivity index (χ2v) is 1.17. The lowest BCUT2D eigenvalue weighted by atomic mass is 10.4. The van der Waals surface area contributed by atoms with E-state index in [1.54, 1.807) is 0 Å². The summed E-state index contributed by atoms with van der Waals surface area (Å²) >= 11 is 0. The Balaban J connectivity index is 3.25. The van der Waals surface area contributed by atoms with Crippen molar-refractivity contribution in [1.29, 1.82) is 0 Å². The highest BCUT2D eigenvalue weighted by atomic mass is 13.6. The van der Waals surface area contributed by atoms with Crippen molar-refractivity contribution in [1.82, 2.24) is 0 Å². The normalized spacial score (nSPS) is 8.29. The highest BCUT2D eigenvalue weighted by Crippen LogP contribution is 1.68. The molecular weight excluding hydrogens is 84.1 g/mol. The quantitative estimate of drug-likeness (QED) is 0.402. The smallest absolute Gasteiger partial charge is 0.00637 e. The summed E-state index contributed by atoms with van der Waals surface area (Å²) in [7, 11) is 0. The van der Waals surface area contributed by atoms with Gasteiger partial charge in [-0.1, -0.05) is 24.8 Å². The number of rotatable bonds is 0. The molecule has 0 aliphatic rings. The van der Waals surface area contributed by atoms with E-state index in [4.69, 9.17) is 0 Å². The Morgan fingerprint density at radius 3 is 2.71 bits per heavy atom. The van der Waals surface area contributed by atoms with Gasteiger partial charge in [-0.05, 0) is 13.0 Å². The lowest BCUT2D eigenvalue weighted by Gasteiger charge is -1.63. The molecule has 0 saturated heterocycles. The summed E-state index contributed by atoms with van der Waals surface area (Å²) in [5, 5.41) is 0. The number of hydrogen-bond donors (Lipinski definition) is 0. The molecule has 0 aliphatic heterocycles. The van der Waals surface area contributed by atoms with Gasteiger partial charge in [0.15, 0.2) is 0 Å².